The van der Waals surface area contributed by atoms with Crippen molar-refractivity contribution in [3.05, 3.63) is 18.2 Å². The van der Waals surface area contributed by atoms with E-state index in [1.807, 2.05) is 0 Å². The zero-order valence-corrected chi connectivity index (χ0v) is 7.92. The van der Waals surface area contributed by atoms with Gasteiger partial charge >= 0.3 is 6.29 Å². The molecule has 2 N–H and O–H groups in total. The smallest absolute Gasteiger partial charge is 0.395 e. The van der Waals surface area contributed by atoms with E-state index in [0.29, 0.717) is 0 Å². The molecular weight excluding hydrogens is 232 g/mol. The number of sulfonamides is 1. The molecule has 0 spiro atoms. The maximum atomic E-state index is 12.5. The van der Waals surface area contributed by atoms with E-state index in [1.165, 1.54) is 0 Å². The van der Waals surface area contributed by atoms with Crippen molar-refractivity contribution in [1.29, 1.82) is 0 Å². The molecule has 1 aromatic rings. The fourth-order valence-corrected chi connectivity index (χ4v) is 1.64. The number of hydrogen-bond acceptors (Lipinski definition) is 4. The van der Waals surface area contributed by atoms with Crippen molar-refractivity contribution in [2.24, 2.45) is 5.14 Å². The highest BCUT2D eigenvalue weighted by Crippen LogP contribution is 2.41. The summed E-state index contributed by atoms with van der Waals surface area (Å²) in [6.07, 6.45) is -3.76. The molecule has 0 bridgehead atoms. The Morgan fingerprint density at radius 3 is 2.40 bits per heavy atom. The summed E-state index contributed by atoms with van der Waals surface area (Å²) in [5.74, 6) is -0.584. The number of ether oxygens (including phenoxy) is 2. The Morgan fingerprint density at radius 2 is 1.80 bits per heavy atom. The lowest BCUT2D eigenvalue weighted by Crippen LogP contribution is -2.25. The van der Waals surface area contributed by atoms with Gasteiger partial charge in [0.2, 0.25) is 10.0 Å². The third-order valence-electron chi connectivity index (χ3n) is 1.70. The van der Waals surface area contributed by atoms with Crippen molar-refractivity contribution in [2.45, 2.75) is 11.2 Å². The topological polar surface area (TPSA) is 78.6 Å². The monoisotopic (exact) mass is 237 g/mol. The summed E-state index contributed by atoms with van der Waals surface area (Å²) < 4.78 is 55.0. The molecule has 0 amide bonds. The van der Waals surface area contributed by atoms with Crippen LogP contribution in [0.3, 0.4) is 0 Å². The number of benzene rings is 1. The van der Waals surface area contributed by atoms with Crippen LogP contribution in [0.25, 0.3) is 0 Å². The highest BCUT2D eigenvalue weighted by molar-refractivity contribution is 7.89. The SMILES string of the molecule is NS(=O)(=O)c1ccc2c(c1)OC(F)(F)O2. The molecule has 0 saturated heterocycles. The predicted molar refractivity (Wildman–Crippen MR) is 44.0 cm³/mol. The maximum absolute atomic E-state index is 12.5. The minimum Gasteiger partial charge on any atom is -0.395 e. The molecule has 8 heteroatoms. The molecule has 2 rings (SSSR count). The standard InChI is InChI=1S/C7H5F2NO4S/c8-7(9)13-5-2-1-4(15(10,11)12)3-6(5)14-7/h1-3H,(H2,10,11,12). The molecule has 0 aromatic heterocycles. The van der Waals surface area contributed by atoms with E-state index < -0.39 is 16.3 Å². The number of nitrogens with two attached hydrogens (primary N) is 1. The molecule has 1 aromatic carbocycles. The van der Waals surface area contributed by atoms with E-state index in [0.717, 1.165) is 18.2 Å². The zero-order valence-electron chi connectivity index (χ0n) is 7.11. The molecule has 0 aliphatic carbocycles. The van der Waals surface area contributed by atoms with Crippen molar-refractivity contribution in [3.8, 4) is 11.5 Å². The quantitative estimate of drug-likeness (QED) is 0.778. The zero-order chi connectivity index (χ0) is 11.3. The summed E-state index contributed by atoms with van der Waals surface area (Å²) in [5, 5.41) is 4.81. The third kappa shape index (κ3) is 1.85. The second kappa shape index (κ2) is 2.80. The third-order valence-corrected chi connectivity index (χ3v) is 2.61. The molecule has 0 unspecified atom stereocenters. The number of primary sulfonamides is 1. The Hall–Kier alpha value is -1.41. The second-order valence-corrected chi connectivity index (χ2v) is 4.38. The molecule has 1 aliphatic heterocycles. The lowest BCUT2D eigenvalue weighted by Gasteiger charge is -2.04. The molecule has 1 heterocycles. The maximum Gasteiger partial charge on any atom is 0.586 e. The lowest BCUT2D eigenvalue weighted by atomic mass is 10.3. The summed E-state index contributed by atoms with van der Waals surface area (Å²) in [6.45, 7) is 0. The van der Waals surface area contributed by atoms with Gasteiger partial charge in [-0.1, -0.05) is 0 Å². The largest absolute Gasteiger partial charge is 0.586 e. The lowest BCUT2D eigenvalue weighted by molar-refractivity contribution is -0.286. The predicted octanol–water partition coefficient (Wildman–Crippen LogP) is 0.656. The Kier molecular flexibility index (Phi) is 1.89. The van der Waals surface area contributed by atoms with Crippen LogP contribution in [-0.4, -0.2) is 14.7 Å². The Labute approximate surface area is 83.4 Å². The van der Waals surface area contributed by atoms with Gasteiger partial charge in [-0.05, 0) is 12.1 Å². The van der Waals surface area contributed by atoms with Gasteiger partial charge in [0, 0.05) is 6.07 Å². The van der Waals surface area contributed by atoms with Gasteiger partial charge in [0.25, 0.3) is 0 Å². The molecule has 0 atom stereocenters. The summed E-state index contributed by atoms with van der Waals surface area (Å²) in [5.41, 5.74) is 0. The van der Waals surface area contributed by atoms with Crippen molar-refractivity contribution in [3.63, 3.8) is 0 Å². The van der Waals surface area contributed by atoms with E-state index >= 15 is 0 Å². The second-order valence-electron chi connectivity index (χ2n) is 2.82. The van der Waals surface area contributed by atoms with Crippen LogP contribution in [0.15, 0.2) is 23.1 Å². The summed E-state index contributed by atoms with van der Waals surface area (Å²) in [7, 11) is -3.94. The Balaban J connectivity index is 2.48. The van der Waals surface area contributed by atoms with E-state index in [-0.39, 0.29) is 16.4 Å². The van der Waals surface area contributed by atoms with Crippen molar-refractivity contribution in [2.75, 3.05) is 0 Å². The first-order valence-corrected chi connectivity index (χ1v) is 5.25. The molecule has 0 fully saturated rings. The number of alkyl halides is 2. The molecular formula is C7H5F2NO4S. The Bertz CT molecular complexity index is 514. The van der Waals surface area contributed by atoms with E-state index in [4.69, 9.17) is 5.14 Å². The summed E-state index contributed by atoms with van der Waals surface area (Å²) in [6, 6.07) is 2.99. The first kappa shape index (κ1) is 10.1. The first-order valence-electron chi connectivity index (χ1n) is 3.71. The van der Waals surface area contributed by atoms with Crippen LogP contribution >= 0.6 is 0 Å². The first-order chi connectivity index (χ1) is 6.78. The average Bonchev–Trinajstić information content (AvgIpc) is 2.34. The van der Waals surface area contributed by atoms with E-state index in [9.17, 15) is 17.2 Å². The van der Waals surface area contributed by atoms with E-state index in [1.54, 1.807) is 0 Å². The van der Waals surface area contributed by atoms with Gasteiger partial charge in [0.05, 0.1) is 4.90 Å². The van der Waals surface area contributed by atoms with Crippen LogP contribution < -0.4 is 14.6 Å². The van der Waals surface area contributed by atoms with Crippen molar-refractivity contribution < 1.29 is 26.7 Å². The number of halogens is 2. The van der Waals surface area contributed by atoms with Crippen LogP contribution in [-0.2, 0) is 10.0 Å². The molecule has 0 saturated carbocycles. The minimum absolute atomic E-state index is 0.229. The van der Waals surface area contributed by atoms with Gasteiger partial charge in [-0.25, -0.2) is 13.6 Å². The van der Waals surface area contributed by atoms with Gasteiger partial charge in [-0.3, -0.25) is 0 Å². The highest BCUT2D eigenvalue weighted by Gasteiger charge is 2.43. The molecule has 0 radical (unpaired) electrons. The van der Waals surface area contributed by atoms with Gasteiger partial charge in [0.1, 0.15) is 0 Å². The molecule has 1 aliphatic rings. The number of fused-ring (bicyclic) bond motifs is 1. The van der Waals surface area contributed by atoms with Crippen LogP contribution in [0.5, 0.6) is 11.5 Å². The fraction of sp³-hybridized carbons (Fsp3) is 0.143. The molecule has 5 nitrogen and oxygen atoms in total. The number of hydrogen-bond donors (Lipinski definition) is 1. The van der Waals surface area contributed by atoms with Gasteiger partial charge < -0.3 is 9.47 Å². The van der Waals surface area contributed by atoms with Crippen LogP contribution in [0, 0.1) is 0 Å². The minimum atomic E-state index is -3.94. The average molecular weight is 237 g/mol. The van der Waals surface area contributed by atoms with E-state index in [2.05, 4.69) is 9.47 Å². The van der Waals surface area contributed by atoms with Crippen LogP contribution in [0.1, 0.15) is 0 Å². The van der Waals surface area contributed by atoms with Gasteiger partial charge in [0.15, 0.2) is 11.5 Å². The summed E-state index contributed by atoms with van der Waals surface area (Å²) >= 11 is 0. The van der Waals surface area contributed by atoms with Crippen LogP contribution in [0.2, 0.25) is 0 Å². The van der Waals surface area contributed by atoms with Gasteiger partial charge in [-0.15, -0.1) is 8.78 Å². The fourth-order valence-electron chi connectivity index (χ4n) is 1.11. The Morgan fingerprint density at radius 1 is 1.20 bits per heavy atom. The van der Waals surface area contributed by atoms with Gasteiger partial charge in [-0.2, -0.15) is 0 Å². The molecule has 82 valence electrons. The molecule has 15 heavy (non-hydrogen) atoms. The van der Waals surface area contributed by atoms with Crippen molar-refractivity contribution >= 4 is 10.0 Å². The van der Waals surface area contributed by atoms with Crippen LogP contribution in [0.4, 0.5) is 8.78 Å². The highest BCUT2D eigenvalue weighted by atomic mass is 32.2. The normalized spacial score (nSPS) is 17.8. The number of rotatable bonds is 1. The summed E-state index contributed by atoms with van der Waals surface area (Å²) in [4.78, 5) is -0.317. The van der Waals surface area contributed by atoms with Crippen molar-refractivity contribution in [1.82, 2.24) is 0 Å².